The van der Waals surface area contributed by atoms with Crippen molar-refractivity contribution in [2.45, 2.75) is 0 Å². The highest BCUT2D eigenvalue weighted by Gasteiger charge is 2.24. The normalized spacial score (nSPS) is 11.4. The fourth-order valence-corrected chi connectivity index (χ4v) is 9.59. The van der Waals surface area contributed by atoms with Crippen LogP contribution in [0.15, 0.2) is 212 Å². The van der Waals surface area contributed by atoms with Crippen molar-refractivity contribution in [1.29, 1.82) is 0 Å². The van der Waals surface area contributed by atoms with Crippen molar-refractivity contribution in [3.05, 3.63) is 212 Å². The van der Waals surface area contributed by atoms with E-state index < -0.39 is 0 Å². The van der Waals surface area contributed by atoms with Crippen molar-refractivity contribution in [3.63, 3.8) is 0 Å². The number of nitrogens with zero attached hydrogens (tertiary/aromatic N) is 3. The van der Waals surface area contributed by atoms with E-state index in [1.807, 2.05) is 35.6 Å². The van der Waals surface area contributed by atoms with Crippen molar-refractivity contribution in [1.82, 2.24) is 15.0 Å². The van der Waals surface area contributed by atoms with E-state index in [9.17, 15) is 0 Å². The van der Waals surface area contributed by atoms with Gasteiger partial charge in [0.15, 0.2) is 5.82 Å². The molecule has 0 atom stereocenters. The molecule has 0 saturated carbocycles. The lowest BCUT2D eigenvalue weighted by Gasteiger charge is -2.13. The molecule has 0 aliphatic carbocycles. The van der Waals surface area contributed by atoms with Gasteiger partial charge in [0.05, 0.1) is 22.6 Å². The van der Waals surface area contributed by atoms with E-state index in [-0.39, 0.29) is 0 Å². The van der Waals surface area contributed by atoms with Crippen molar-refractivity contribution in [3.8, 4) is 77.9 Å². The molecule has 0 N–H and O–H groups in total. The van der Waals surface area contributed by atoms with Crippen molar-refractivity contribution in [2.75, 3.05) is 0 Å². The molecule has 59 heavy (non-hydrogen) atoms. The number of hydrogen-bond acceptors (Lipinski definition) is 4. The number of aromatic nitrogens is 3. The molecule has 0 spiro atoms. The molecule has 3 heterocycles. The quantitative estimate of drug-likeness (QED) is 0.162. The minimum Gasteiger partial charge on any atom is -0.247 e. The smallest absolute Gasteiger partial charge is 0.160 e. The molecule has 0 amide bonds. The Labute approximate surface area is 346 Å². The molecule has 3 nitrogen and oxygen atoms in total. The third-order valence-electron chi connectivity index (χ3n) is 11.1. The molecule has 0 unspecified atom stereocenters. The Morgan fingerprint density at radius 2 is 0.915 bits per heavy atom. The third kappa shape index (κ3) is 6.37. The topological polar surface area (TPSA) is 38.7 Å². The predicted molar refractivity (Wildman–Crippen MR) is 248 cm³/mol. The fraction of sp³-hybridized carbons (Fsp3) is 0. The summed E-state index contributed by atoms with van der Waals surface area (Å²) in [4.78, 5) is 16.9. The number of para-hydroxylation sites is 1. The maximum absolute atomic E-state index is 5.38. The van der Waals surface area contributed by atoms with Crippen molar-refractivity contribution >= 4 is 43.1 Å². The molecule has 0 aliphatic heterocycles. The van der Waals surface area contributed by atoms with Gasteiger partial charge in [-0.05, 0) is 51.2 Å². The SMILES string of the molecule is c1ccc(-c2cccc(-c3cc(-c4ccc(-c5sc6c(c(-c7ccccc7)nc7ccccc76)c5-c5cccc6ccccc56)cc4)nc(-c4ccccc4)n3)c2)cc1. The van der Waals surface area contributed by atoms with Gasteiger partial charge in [-0.3, -0.25) is 0 Å². The van der Waals surface area contributed by atoms with Crippen molar-refractivity contribution in [2.24, 2.45) is 0 Å². The summed E-state index contributed by atoms with van der Waals surface area (Å²) in [7, 11) is 0. The highest BCUT2D eigenvalue weighted by molar-refractivity contribution is 7.24. The van der Waals surface area contributed by atoms with Gasteiger partial charge < -0.3 is 0 Å². The van der Waals surface area contributed by atoms with Crippen LogP contribution in [0.3, 0.4) is 0 Å². The lowest BCUT2D eigenvalue weighted by molar-refractivity contribution is 1.18. The van der Waals surface area contributed by atoms with Crippen LogP contribution >= 0.6 is 11.3 Å². The number of hydrogen-bond donors (Lipinski definition) is 0. The zero-order valence-electron chi connectivity index (χ0n) is 32.0. The van der Waals surface area contributed by atoms with Gasteiger partial charge in [0, 0.05) is 48.2 Å². The number of benzene rings is 8. The van der Waals surface area contributed by atoms with Gasteiger partial charge in [-0.25, -0.2) is 15.0 Å². The summed E-state index contributed by atoms with van der Waals surface area (Å²) in [5, 5.41) is 4.78. The molecule has 0 saturated heterocycles. The first kappa shape index (κ1) is 34.7. The summed E-state index contributed by atoms with van der Waals surface area (Å²) in [6.07, 6.45) is 0. The van der Waals surface area contributed by atoms with Gasteiger partial charge in [-0.15, -0.1) is 11.3 Å². The minimum absolute atomic E-state index is 0.697. The lowest BCUT2D eigenvalue weighted by atomic mass is 9.91. The van der Waals surface area contributed by atoms with Crippen LogP contribution in [-0.2, 0) is 0 Å². The Morgan fingerprint density at radius 3 is 1.68 bits per heavy atom. The fourth-order valence-electron chi connectivity index (χ4n) is 8.24. The maximum atomic E-state index is 5.38. The maximum Gasteiger partial charge on any atom is 0.160 e. The molecule has 8 aromatic carbocycles. The summed E-state index contributed by atoms with van der Waals surface area (Å²) < 4.78 is 1.24. The molecule has 276 valence electrons. The number of fused-ring (bicyclic) bond motifs is 4. The molecule has 0 radical (unpaired) electrons. The molecule has 0 aliphatic rings. The van der Waals surface area contributed by atoms with Gasteiger partial charge in [0.1, 0.15) is 0 Å². The molecule has 0 fully saturated rings. The average molecular weight is 770 g/mol. The first-order valence-corrected chi connectivity index (χ1v) is 20.7. The van der Waals surface area contributed by atoms with E-state index in [0.717, 1.165) is 61.4 Å². The van der Waals surface area contributed by atoms with Crippen LogP contribution < -0.4 is 0 Å². The summed E-state index contributed by atoms with van der Waals surface area (Å²) in [5.74, 6) is 0.697. The Kier molecular flexibility index (Phi) is 8.68. The van der Waals surface area contributed by atoms with Gasteiger partial charge in [0.2, 0.25) is 0 Å². The summed E-state index contributed by atoms with van der Waals surface area (Å²) >= 11 is 1.85. The van der Waals surface area contributed by atoms with E-state index in [1.54, 1.807) is 0 Å². The Hall–Kier alpha value is -7.53. The van der Waals surface area contributed by atoms with Gasteiger partial charge in [-0.1, -0.05) is 194 Å². The Balaban J connectivity index is 1.11. The van der Waals surface area contributed by atoms with Gasteiger partial charge in [0.25, 0.3) is 0 Å². The number of thiophene rings is 1. The molecule has 4 heteroatoms. The standard InChI is InChI=1S/C55H35N3S/c1-4-16-36(17-5-1)42-24-14-25-43(34-42)49-35-48(57-55(58-49)41-21-8-3-9-22-41)38-30-32-40(33-31-38)53-50(45-28-15-23-37-18-10-11-26-44(37)45)51-52(39-19-6-2-7-20-39)56-47-29-13-12-27-46(47)54(51)59-53/h1-35H. The summed E-state index contributed by atoms with van der Waals surface area (Å²) in [5.41, 5.74) is 13.8. The molecule has 11 aromatic rings. The van der Waals surface area contributed by atoms with Crippen LogP contribution in [0, 0.1) is 0 Å². The molecule has 3 aromatic heterocycles. The highest BCUT2D eigenvalue weighted by atomic mass is 32.1. The molecular formula is C55H35N3S. The zero-order valence-corrected chi connectivity index (χ0v) is 32.8. The van der Waals surface area contributed by atoms with E-state index in [1.165, 1.54) is 42.4 Å². The first-order valence-electron chi connectivity index (χ1n) is 19.9. The second-order valence-corrected chi connectivity index (χ2v) is 15.8. The number of pyridine rings is 1. The minimum atomic E-state index is 0.697. The molecular weight excluding hydrogens is 735 g/mol. The van der Waals surface area contributed by atoms with E-state index >= 15 is 0 Å². The lowest BCUT2D eigenvalue weighted by Crippen LogP contribution is -1.96. The Bertz CT molecular complexity index is 3300. The van der Waals surface area contributed by atoms with Crippen LogP contribution in [0.25, 0.3) is 110 Å². The second kappa shape index (κ2) is 14.8. The van der Waals surface area contributed by atoms with Crippen LogP contribution in [0.2, 0.25) is 0 Å². The van der Waals surface area contributed by atoms with Crippen LogP contribution in [0.5, 0.6) is 0 Å². The Morgan fingerprint density at radius 1 is 0.356 bits per heavy atom. The highest BCUT2D eigenvalue weighted by Crippen LogP contribution is 2.51. The number of rotatable bonds is 7. The van der Waals surface area contributed by atoms with E-state index in [0.29, 0.717) is 5.82 Å². The summed E-state index contributed by atoms with van der Waals surface area (Å²) in [6, 6.07) is 74.9. The molecule has 0 bridgehead atoms. The van der Waals surface area contributed by atoms with Crippen LogP contribution in [0.1, 0.15) is 0 Å². The molecule has 11 rings (SSSR count). The summed E-state index contributed by atoms with van der Waals surface area (Å²) in [6.45, 7) is 0. The van der Waals surface area contributed by atoms with E-state index in [4.69, 9.17) is 15.0 Å². The first-order chi connectivity index (χ1) is 29.2. The largest absolute Gasteiger partial charge is 0.247 e. The average Bonchev–Trinajstić information content (AvgIpc) is 3.73. The van der Waals surface area contributed by atoms with E-state index in [2.05, 4.69) is 188 Å². The van der Waals surface area contributed by atoms with Crippen LogP contribution in [0.4, 0.5) is 0 Å². The predicted octanol–water partition coefficient (Wildman–Crippen LogP) is 15.1. The second-order valence-electron chi connectivity index (χ2n) is 14.7. The van der Waals surface area contributed by atoms with Gasteiger partial charge >= 0.3 is 0 Å². The van der Waals surface area contributed by atoms with Crippen molar-refractivity contribution < 1.29 is 0 Å². The van der Waals surface area contributed by atoms with Crippen LogP contribution in [-0.4, -0.2) is 15.0 Å². The van der Waals surface area contributed by atoms with Gasteiger partial charge in [-0.2, -0.15) is 0 Å². The monoisotopic (exact) mass is 769 g/mol. The zero-order chi connectivity index (χ0) is 39.1. The third-order valence-corrected chi connectivity index (χ3v) is 12.4.